The summed E-state index contributed by atoms with van der Waals surface area (Å²) in [5, 5.41) is 13.2. The molecular formula is C6H10N6O2. The van der Waals surface area contributed by atoms with E-state index < -0.39 is 4.92 Å². The summed E-state index contributed by atoms with van der Waals surface area (Å²) in [5.74, 6) is 5.37. The minimum absolute atomic E-state index is 0.135. The Morgan fingerprint density at radius 1 is 1.50 bits per heavy atom. The van der Waals surface area contributed by atoms with Crippen LogP contribution in [-0.2, 0) is 0 Å². The highest BCUT2D eigenvalue weighted by atomic mass is 16.6. The molecule has 0 aliphatic heterocycles. The number of hydrogen-bond donors (Lipinski definition) is 3. The quantitative estimate of drug-likeness (QED) is 0.355. The van der Waals surface area contributed by atoms with Crippen molar-refractivity contribution in [3.63, 3.8) is 0 Å². The fourth-order valence-corrected chi connectivity index (χ4v) is 1.02. The van der Waals surface area contributed by atoms with Crippen molar-refractivity contribution in [2.45, 2.75) is 6.92 Å². The van der Waals surface area contributed by atoms with Gasteiger partial charge in [0.05, 0.1) is 4.92 Å². The maximum Gasteiger partial charge on any atom is 0.332 e. The predicted octanol–water partition coefficient (Wildman–Crippen LogP) is 0.0205. The minimum atomic E-state index is -0.540. The summed E-state index contributed by atoms with van der Waals surface area (Å²) in [5.41, 5.74) is 2.33. The molecule has 0 saturated carbocycles. The van der Waals surface area contributed by atoms with Gasteiger partial charge in [0, 0.05) is 7.05 Å². The maximum atomic E-state index is 10.6. The molecular weight excluding hydrogens is 188 g/mol. The van der Waals surface area contributed by atoms with Gasteiger partial charge in [0.1, 0.15) is 5.69 Å². The summed E-state index contributed by atoms with van der Waals surface area (Å²) >= 11 is 0. The summed E-state index contributed by atoms with van der Waals surface area (Å²) in [7, 11) is 1.54. The van der Waals surface area contributed by atoms with E-state index in [1.54, 1.807) is 0 Å². The highest BCUT2D eigenvalue weighted by Crippen LogP contribution is 2.25. The third-order valence-electron chi connectivity index (χ3n) is 1.61. The zero-order valence-corrected chi connectivity index (χ0v) is 7.74. The van der Waals surface area contributed by atoms with Crippen molar-refractivity contribution >= 4 is 17.5 Å². The van der Waals surface area contributed by atoms with Crippen molar-refractivity contribution in [1.82, 2.24) is 9.97 Å². The van der Waals surface area contributed by atoms with Crippen LogP contribution in [0.5, 0.6) is 0 Å². The van der Waals surface area contributed by atoms with Crippen molar-refractivity contribution in [3.8, 4) is 0 Å². The molecule has 0 unspecified atom stereocenters. The molecule has 0 fully saturated rings. The first-order valence-electron chi connectivity index (χ1n) is 3.77. The van der Waals surface area contributed by atoms with Gasteiger partial charge in [0.15, 0.2) is 0 Å². The van der Waals surface area contributed by atoms with Crippen LogP contribution in [0.3, 0.4) is 0 Å². The number of nitrogens with two attached hydrogens (primary N) is 1. The standard InChI is InChI=1S/C6H10N6O2/c1-3-4(12(13)14)5(8-2)10-6(9-3)11-7/h7H2,1-2H3,(H2,8,9,10,11). The van der Waals surface area contributed by atoms with Gasteiger partial charge in [0.2, 0.25) is 11.8 Å². The molecule has 0 bridgehead atoms. The van der Waals surface area contributed by atoms with E-state index in [-0.39, 0.29) is 23.1 Å². The maximum absolute atomic E-state index is 10.6. The number of nitrogens with one attached hydrogen (secondary N) is 2. The van der Waals surface area contributed by atoms with E-state index in [2.05, 4.69) is 20.7 Å². The Bertz CT molecular complexity index is 366. The first-order valence-corrected chi connectivity index (χ1v) is 3.77. The first kappa shape index (κ1) is 10.1. The van der Waals surface area contributed by atoms with Gasteiger partial charge in [0.25, 0.3) is 0 Å². The lowest BCUT2D eigenvalue weighted by molar-refractivity contribution is -0.385. The van der Waals surface area contributed by atoms with Crippen LogP contribution in [0.15, 0.2) is 0 Å². The SMILES string of the molecule is CNc1nc(NN)nc(C)c1[N+](=O)[O-]. The highest BCUT2D eigenvalue weighted by Gasteiger charge is 2.20. The van der Waals surface area contributed by atoms with Gasteiger partial charge < -0.3 is 5.32 Å². The van der Waals surface area contributed by atoms with Gasteiger partial charge in [-0.05, 0) is 6.92 Å². The molecule has 0 spiro atoms. The molecule has 1 rings (SSSR count). The van der Waals surface area contributed by atoms with Gasteiger partial charge in [-0.15, -0.1) is 0 Å². The number of nitrogen functional groups attached to an aromatic ring is 1. The number of rotatable bonds is 3. The van der Waals surface area contributed by atoms with Gasteiger partial charge in [-0.1, -0.05) is 0 Å². The smallest absolute Gasteiger partial charge is 0.332 e. The van der Waals surface area contributed by atoms with E-state index in [1.807, 2.05) is 0 Å². The molecule has 0 aromatic carbocycles. The molecule has 0 aliphatic carbocycles. The Morgan fingerprint density at radius 2 is 2.14 bits per heavy atom. The molecule has 76 valence electrons. The molecule has 1 aromatic heterocycles. The van der Waals surface area contributed by atoms with Crippen LogP contribution < -0.4 is 16.6 Å². The number of hydrogen-bond acceptors (Lipinski definition) is 7. The van der Waals surface area contributed by atoms with Crippen molar-refractivity contribution in [1.29, 1.82) is 0 Å². The Balaban J connectivity index is 3.34. The van der Waals surface area contributed by atoms with Crippen molar-refractivity contribution in [2.24, 2.45) is 5.84 Å². The van der Waals surface area contributed by atoms with Crippen LogP contribution in [-0.4, -0.2) is 21.9 Å². The fraction of sp³-hybridized carbons (Fsp3) is 0.333. The summed E-state index contributed by atoms with van der Waals surface area (Å²) in [4.78, 5) is 17.7. The monoisotopic (exact) mass is 198 g/mol. The van der Waals surface area contributed by atoms with Gasteiger partial charge in [-0.3, -0.25) is 15.5 Å². The molecule has 1 aromatic rings. The number of aryl methyl sites for hydroxylation is 1. The molecule has 0 amide bonds. The average Bonchev–Trinajstić information content (AvgIpc) is 2.15. The minimum Gasteiger partial charge on any atom is -0.367 e. The summed E-state index contributed by atoms with van der Waals surface area (Å²) in [6.07, 6.45) is 0. The third-order valence-corrected chi connectivity index (χ3v) is 1.61. The predicted molar refractivity (Wildman–Crippen MR) is 50.8 cm³/mol. The average molecular weight is 198 g/mol. The third kappa shape index (κ3) is 1.69. The van der Waals surface area contributed by atoms with Gasteiger partial charge in [-0.25, -0.2) is 10.8 Å². The van der Waals surface area contributed by atoms with Crippen LogP contribution >= 0.6 is 0 Å². The van der Waals surface area contributed by atoms with Gasteiger partial charge in [-0.2, -0.15) is 4.98 Å². The largest absolute Gasteiger partial charge is 0.367 e. The van der Waals surface area contributed by atoms with Crippen molar-refractivity contribution in [3.05, 3.63) is 15.8 Å². The second-order valence-electron chi connectivity index (χ2n) is 2.48. The Kier molecular flexibility index (Phi) is 2.77. The summed E-state index contributed by atoms with van der Waals surface area (Å²) in [6, 6.07) is 0. The lowest BCUT2D eigenvalue weighted by Crippen LogP contribution is -2.13. The van der Waals surface area contributed by atoms with E-state index in [0.717, 1.165) is 0 Å². The Morgan fingerprint density at radius 3 is 2.57 bits per heavy atom. The molecule has 8 heteroatoms. The zero-order chi connectivity index (χ0) is 10.7. The second-order valence-corrected chi connectivity index (χ2v) is 2.48. The number of anilines is 2. The van der Waals surface area contributed by atoms with Crippen LogP contribution in [0, 0.1) is 17.0 Å². The number of nitro groups is 1. The highest BCUT2D eigenvalue weighted by molar-refractivity contribution is 5.60. The van der Waals surface area contributed by atoms with E-state index in [0.29, 0.717) is 0 Å². The van der Waals surface area contributed by atoms with E-state index in [1.165, 1.54) is 14.0 Å². The number of nitrogens with zero attached hydrogens (tertiary/aromatic N) is 3. The zero-order valence-electron chi connectivity index (χ0n) is 7.74. The van der Waals surface area contributed by atoms with E-state index in [4.69, 9.17) is 5.84 Å². The number of hydrazine groups is 1. The molecule has 0 saturated heterocycles. The molecule has 0 aliphatic rings. The lowest BCUT2D eigenvalue weighted by Gasteiger charge is -2.05. The normalized spacial score (nSPS) is 9.64. The van der Waals surface area contributed by atoms with E-state index >= 15 is 0 Å². The second kappa shape index (κ2) is 3.83. The molecule has 1 heterocycles. The summed E-state index contributed by atoms with van der Waals surface area (Å²) in [6.45, 7) is 1.52. The molecule has 4 N–H and O–H groups in total. The Hall–Kier alpha value is -1.96. The van der Waals surface area contributed by atoms with E-state index in [9.17, 15) is 10.1 Å². The number of aromatic nitrogens is 2. The van der Waals surface area contributed by atoms with Gasteiger partial charge >= 0.3 is 5.69 Å². The van der Waals surface area contributed by atoms with Crippen molar-refractivity contribution < 1.29 is 4.92 Å². The fourth-order valence-electron chi connectivity index (χ4n) is 1.02. The first-order chi connectivity index (χ1) is 6.60. The van der Waals surface area contributed by atoms with Crippen LogP contribution in [0.2, 0.25) is 0 Å². The molecule has 0 atom stereocenters. The van der Waals surface area contributed by atoms with Crippen LogP contribution in [0.4, 0.5) is 17.5 Å². The topological polar surface area (TPSA) is 119 Å². The molecule has 8 nitrogen and oxygen atoms in total. The molecule has 0 radical (unpaired) electrons. The lowest BCUT2D eigenvalue weighted by atomic mass is 10.3. The Labute approximate surface area is 79.7 Å². The van der Waals surface area contributed by atoms with Crippen LogP contribution in [0.1, 0.15) is 5.69 Å². The molecule has 14 heavy (non-hydrogen) atoms. The summed E-state index contributed by atoms with van der Waals surface area (Å²) < 4.78 is 0. The van der Waals surface area contributed by atoms with Crippen LogP contribution in [0.25, 0.3) is 0 Å². The van der Waals surface area contributed by atoms with Crippen molar-refractivity contribution in [2.75, 3.05) is 17.8 Å².